The third kappa shape index (κ3) is 9.15. The van der Waals surface area contributed by atoms with Crippen LogP contribution in [0.4, 0.5) is 0 Å². The number of aliphatic hydroxyl groups excluding tert-OH is 1. The minimum atomic E-state index is -0.585. The number of ether oxygens (including phenoxy) is 1. The Morgan fingerprint density at radius 1 is 0.703 bits per heavy atom. The number of hydrogen-bond donors (Lipinski definition) is 1. The van der Waals surface area contributed by atoms with Crippen molar-refractivity contribution in [2.24, 2.45) is 0 Å². The van der Waals surface area contributed by atoms with E-state index in [1.54, 1.807) is 6.92 Å². The van der Waals surface area contributed by atoms with Gasteiger partial charge in [-0.05, 0) is 48.8 Å². The second kappa shape index (κ2) is 16.3. The molecule has 37 heavy (non-hydrogen) atoms. The standard InChI is InChI=1S/C18H20O4.C12H11P.C2H6/c1-12-14(16(20)18(22-2)17(21)15(12)19)11-7-6-10-13-8-4-3-5-9-13;1-3-7-11(8-4-1)13-12-9-5-2-6-10-12;1-2/h3-5,8-9,21H,6-7,10-11H2,1-2H3;1-10,13H;1-2H3. The Labute approximate surface area is 222 Å². The summed E-state index contributed by atoms with van der Waals surface area (Å²) in [5, 5.41) is 12.5. The molecule has 5 heteroatoms. The molecule has 3 aromatic rings. The van der Waals surface area contributed by atoms with Crippen LogP contribution in [0.25, 0.3) is 0 Å². The van der Waals surface area contributed by atoms with Gasteiger partial charge in [-0.15, -0.1) is 0 Å². The van der Waals surface area contributed by atoms with Gasteiger partial charge in [0.05, 0.1) is 7.11 Å². The molecule has 3 aromatic carbocycles. The third-order valence-electron chi connectivity index (χ3n) is 5.73. The molecule has 1 aliphatic rings. The fourth-order valence-electron chi connectivity index (χ4n) is 3.81. The molecule has 0 aromatic heterocycles. The molecule has 0 saturated heterocycles. The van der Waals surface area contributed by atoms with Crippen molar-refractivity contribution in [1.82, 2.24) is 0 Å². The number of hydrogen-bond acceptors (Lipinski definition) is 4. The summed E-state index contributed by atoms with van der Waals surface area (Å²) >= 11 is 0. The van der Waals surface area contributed by atoms with E-state index in [1.807, 2.05) is 32.0 Å². The van der Waals surface area contributed by atoms with Crippen molar-refractivity contribution in [1.29, 1.82) is 0 Å². The van der Waals surface area contributed by atoms with Crippen molar-refractivity contribution in [2.75, 3.05) is 7.11 Å². The maximum atomic E-state index is 12.2. The van der Waals surface area contributed by atoms with Crippen LogP contribution in [0.3, 0.4) is 0 Å². The molecule has 0 fully saturated rings. The van der Waals surface area contributed by atoms with Crippen molar-refractivity contribution in [3.63, 3.8) is 0 Å². The lowest BCUT2D eigenvalue weighted by atomic mass is 9.89. The molecule has 0 atom stereocenters. The summed E-state index contributed by atoms with van der Waals surface area (Å²) in [5.74, 6) is -1.72. The Morgan fingerprint density at radius 3 is 1.65 bits per heavy atom. The van der Waals surface area contributed by atoms with Gasteiger partial charge in [0.2, 0.25) is 23.1 Å². The zero-order valence-corrected chi connectivity index (χ0v) is 23.2. The molecule has 0 aliphatic heterocycles. The largest absolute Gasteiger partial charge is 0.501 e. The first-order valence-corrected chi connectivity index (χ1v) is 13.7. The van der Waals surface area contributed by atoms with Gasteiger partial charge in [0.1, 0.15) is 0 Å². The highest BCUT2D eigenvalue weighted by atomic mass is 31.1. The number of ketones is 2. The first-order chi connectivity index (χ1) is 18.0. The molecule has 0 spiro atoms. The van der Waals surface area contributed by atoms with Gasteiger partial charge in [0, 0.05) is 11.1 Å². The number of allylic oxidation sites excluding steroid dienone is 2. The highest BCUT2D eigenvalue weighted by molar-refractivity contribution is 7.55. The maximum absolute atomic E-state index is 12.2. The summed E-state index contributed by atoms with van der Waals surface area (Å²) in [5.41, 5.74) is 2.03. The number of aryl methyl sites for hydroxylation is 1. The number of methoxy groups -OCH3 is 1. The van der Waals surface area contributed by atoms with E-state index >= 15 is 0 Å². The predicted molar refractivity (Wildman–Crippen MR) is 155 cm³/mol. The maximum Gasteiger partial charge on any atom is 0.227 e. The van der Waals surface area contributed by atoms with Gasteiger partial charge in [-0.1, -0.05) is 113 Å². The fourth-order valence-corrected chi connectivity index (χ4v) is 4.86. The highest BCUT2D eigenvalue weighted by Gasteiger charge is 2.33. The van der Waals surface area contributed by atoms with Crippen molar-refractivity contribution in [2.45, 2.75) is 46.5 Å². The molecule has 0 saturated carbocycles. The average Bonchev–Trinajstić information content (AvgIpc) is 2.95. The van der Waals surface area contributed by atoms with E-state index in [0.29, 0.717) is 17.6 Å². The van der Waals surface area contributed by atoms with E-state index in [9.17, 15) is 14.7 Å². The Morgan fingerprint density at radius 2 is 1.16 bits per heavy atom. The molecular formula is C32H37O4P. The molecule has 0 radical (unpaired) electrons. The average molecular weight is 517 g/mol. The van der Waals surface area contributed by atoms with Crippen LogP contribution in [0.15, 0.2) is 114 Å². The lowest BCUT2D eigenvalue weighted by molar-refractivity contribution is -0.120. The summed E-state index contributed by atoms with van der Waals surface area (Å²) in [4.78, 5) is 24.1. The smallest absolute Gasteiger partial charge is 0.227 e. The number of rotatable bonds is 8. The number of aliphatic hydroxyl groups is 1. The van der Waals surface area contributed by atoms with Gasteiger partial charge in [-0.3, -0.25) is 9.59 Å². The van der Waals surface area contributed by atoms with E-state index in [1.165, 1.54) is 23.3 Å². The summed E-state index contributed by atoms with van der Waals surface area (Å²) in [6.07, 6.45) is 3.19. The van der Waals surface area contributed by atoms with E-state index in [2.05, 4.69) is 72.8 Å². The van der Waals surface area contributed by atoms with Crippen LogP contribution in [0.2, 0.25) is 0 Å². The van der Waals surface area contributed by atoms with Crippen LogP contribution in [0.1, 0.15) is 45.6 Å². The number of benzene rings is 3. The minimum Gasteiger partial charge on any atom is -0.501 e. The monoisotopic (exact) mass is 516 g/mol. The fraction of sp³-hybridized carbons (Fsp3) is 0.250. The van der Waals surface area contributed by atoms with Gasteiger partial charge in [0.25, 0.3) is 0 Å². The molecule has 4 rings (SSSR count). The Balaban J connectivity index is 0.000000272. The Kier molecular flexibility index (Phi) is 13.1. The summed E-state index contributed by atoms with van der Waals surface area (Å²) in [6.45, 7) is 5.58. The second-order valence-corrected chi connectivity index (χ2v) is 9.60. The quantitative estimate of drug-likeness (QED) is 0.207. The number of Topliss-reactive ketones (excluding diaryl/α,β-unsaturated/α-hetero) is 2. The van der Waals surface area contributed by atoms with Crippen LogP contribution < -0.4 is 10.6 Å². The number of carbonyl (C=O) groups is 2. The van der Waals surface area contributed by atoms with Crippen LogP contribution >= 0.6 is 8.58 Å². The molecule has 4 nitrogen and oxygen atoms in total. The second-order valence-electron chi connectivity index (χ2n) is 8.19. The number of unbranched alkanes of at least 4 members (excludes halogenated alkanes) is 1. The Hall–Kier alpha value is -3.49. The van der Waals surface area contributed by atoms with Crippen molar-refractivity contribution < 1.29 is 19.4 Å². The molecule has 194 valence electrons. The van der Waals surface area contributed by atoms with Gasteiger partial charge in [-0.2, -0.15) is 0 Å². The van der Waals surface area contributed by atoms with Crippen LogP contribution in [0, 0.1) is 0 Å². The lowest BCUT2D eigenvalue weighted by Crippen LogP contribution is -2.24. The van der Waals surface area contributed by atoms with Crippen LogP contribution in [-0.2, 0) is 20.7 Å². The lowest BCUT2D eigenvalue weighted by Gasteiger charge is -2.18. The summed E-state index contributed by atoms with van der Waals surface area (Å²) < 4.78 is 4.87. The molecule has 0 amide bonds. The molecule has 0 heterocycles. The molecule has 0 bridgehead atoms. The summed E-state index contributed by atoms with van der Waals surface area (Å²) in [7, 11) is 2.06. The molecule has 1 N–H and O–H groups in total. The van der Waals surface area contributed by atoms with Crippen LogP contribution in [0.5, 0.6) is 0 Å². The van der Waals surface area contributed by atoms with Crippen molar-refractivity contribution >= 4 is 30.8 Å². The van der Waals surface area contributed by atoms with E-state index in [0.717, 1.165) is 27.8 Å². The first-order valence-electron chi connectivity index (χ1n) is 12.7. The van der Waals surface area contributed by atoms with E-state index in [4.69, 9.17) is 4.74 Å². The van der Waals surface area contributed by atoms with Gasteiger partial charge >= 0.3 is 0 Å². The summed E-state index contributed by atoms with van der Waals surface area (Å²) in [6, 6.07) is 31.3. The van der Waals surface area contributed by atoms with Crippen LogP contribution in [-0.4, -0.2) is 23.8 Å². The molecule has 0 unspecified atom stereocenters. The predicted octanol–water partition coefficient (Wildman–Crippen LogP) is 6.63. The van der Waals surface area contributed by atoms with Gasteiger partial charge in [0.15, 0.2) is 0 Å². The Bertz CT molecular complexity index is 1150. The van der Waals surface area contributed by atoms with E-state index < -0.39 is 11.5 Å². The number of carbonyl (C=O) groups excluding carboxylic acids is 2. The molecular weight excluding hydrogens is 479 g/mol. The normalized spacial score (nSPS) is 12.9. The first kappa shape index (κ1) is 29.7. The topological polar surface area (TPSA) is 63.6 Å². The molecule has 1 aliphatic carbocycles. The van der Waals surface area contributed by atoms with Gasteiger partial charge < -0.3 is 9.84 Å². The minimum absolute atomic E-state index is 0.242. The van der Waals surface area contributed by atoms with Crippen molar-refractivity contribution in [3.05, 3.63) is 119 Å². The van der Waals surface area contributed by atoms with Gasteiger partial charge in [-0.25, -0.2) is 0 Å². The zero-order valence-electron chi connectivity index (χ0n) is 22.2. The van der Waals surface area contributed by atoms with Crippen molar-refractivity contribution in [3.8, 4) is 0 Å². The van der Waals surface area contributed by atoms with E-state index in [-0.39, 0.29) is 11.5 Å². The third-order valence-corrected chi connectivity index (χ3v) is 6.97. The highest BCUT2D eigenvalue weighted by Crippen LogP contribution is 2.27. The SMILES string of the molecule is CC.COC1=C(O)C(=O)C(C)=C(CCCCc2ccccc2)C1=O.c1ccc(Pc2ccccc2)cc1. The zero-order chi connectivity index (χ0) is 27.0.